The molecule has 0 atom stereocenters. The Bertz CT molecular complexity index is 844. The first-order valence-corrected chi connectivity index (χ1v) is 9.41. The van der Waals surface area contributed by atoms with E-state index < -0.39 is 0 Å². The number of rotatable bonds is 6. The third-order valence-electron chi connectivity index (χ3n) is 5.35. The summed E-state index contributed by atoms with van der Waals surface area (Å²) in [5, 5.41) is 2.32. The molecule has 0 saturated heterocycles. The predicted molar refractivity (Wildman–Crippen MR) is 111 cm³/mol. The van der Waals surface area contributed by atoms with Crippen LogP contribution in [0.3, 0.4) is 0 Å². The molecule has 0 heterocycles. The fourth-order valence-electron chi connectivity index (χ4n) is 3.61. The van der Waals surface area contributed by atoms with Crippen molar-refractivity contribution in [3.63, 3.8) is 0 Å². The summed E-state index contributed by atoms with van der Waals surface area (Å²) in [5.41, 5.74) is 11.3. The van der Waals surface area contributed by atoms with Crippen LogP contribution in [0, 0.1) is 0 Å². The molecule has 1 nitrogen and oxygen atoms in total. The second kappa shape index (κ2) is 7.31. The van der Waals surface area contributed by atoms with Crippen LogP contribution in [0.15, 0.2) is 60.7 Å². The van der Waals surface area contributed by atoms with Crippen LogP contribution in [0.5, 0.6) is 0 Å². The van der Waals surface area contributed by atoms with Gasteiger partial charge in [0.05, 0.1) is 0 Å². The first-order valence-electron chi connectivity index (χ1n) is 9.41. The van der Waals surface area contributed by atoms with Gasteiger partial charge in [-0.3, -0.25) is 0 Å². The Kier molecular flexibility index (Phi) is 5.13. The summed E-state index contributed by atoms with van der Waals surface area (Å²) in [6.45, 7) is 6.96. The van der Waals surface area contributed by atoms with Crippen molar-refractivity contribution in [2.75, 3.05) is 5.73 Å². The Morgan fingerprint density at radius 2 is 1.56 bits per heavy atom. The van der Waals surface area contributed by atoms with Crippen molar-refractivity contribution >= 4 is 16.5 Å². The molecule has 25 heavy (non-hydrogen) atoms. The molecule has 0 radical (unpaired) electrons. The van der Waals surface area contributed by atoms with Gasteiger partial charge in [-0.15, -0.1) is 0 Å². The van der Waals surface area contributed by atoms with E-state index >= 15 is 0 Å². The summed E-state index contributed by atoms with van der Waals surface area (Å²) in [7, 11) is 0. The highest BCUT2D eigenvalue weighted by Gasteiger charge is 2.20. The molecule has 0 bridgehead atoms. The Morgan fingerprint density at radius 1 is 0.840 bits per heavy atom. The van der Waals surface area contributed by atoms with Crippen LogP contribution < -0.4 is 5.73 Å². The topological polar surface area (TPSA) is 26.0 Å². The van der Waals surface area contributed by atoms with Crippen LogP contribution in [0.2, 0.25) is 0 Å². The van der Waals surface area contributed by atoms with E-state index in [1.807, 2.05) is 6.07 Å². The van der Waals surface area contributed by atoms with Gasteiger partial charge < -0.3 is 5.73 Å². The lowest BCUT2D eigenvalue weighted by Crippen LogP contribution is -2.16. The van der Waals surface area contributed by atoms with Gasteiger partial charge in [0.2, 0.25) is 0 Å². The molecule has 0 aliphatic rings. The number of unbranched alkanes of at least 4 members (excludes halogenated alkanes) is 2. The highest BCUT2D eigenvalue weighted by atomic mass is 14.6. The van der Waals surface area contributed by atoms with E-state index in [2.05, 4.69) is 75.4 Å². The highest BCUT2D eigenvalue weighted by Crippen LogP contribution is 2.35. The number of nitrogens with two attached hydrogens (primary N) is 1. The zero-order valence-electron chi connectivity index (χ0n) is 15.7. The number of hydrogen-bond donors (Lipinski definition) is 1. The summed E-state index contributed by atoms with van der Waals surface area (Å²) >= 11 is 0. The fraction of sp³-hybridized carbons (Fsp3) is 0.333. The average molecular weight is 332 g/mol. The number of fused-ring (bicyclic) bond motifs is 1. The van der Waals surface area contributed by atoms with Gasteiger partial charge in [-0.25, -0.2) is 0 Å². The van der Waals surface area contributed by atoms with Gasteiger partial charge >= 0.3 is 0 Å². The molecule has 0 fully saturated rings. The molecule has 0 unspecified atom stereocenters. The van der Waals surface area contributed by atoms with Crippen molar-refractivity contribution in [3.05, 3.63) is 66.2 Å². The molecule has 0 aliphatic heterocycles. The molecule has 130 valence electrons. The van der Waals surface area contributed by atoms with E-state index in [-0.39, 0.29) is 5.41 Å². The van der Waals surface area contributed by atoms with Crippen molar-refractivity contribution in [2.45, 2.75) is 51.9 Å². The Hall–Kier alpha value is -2.28. The molecule has 0 aromatic heterocycles. The third kappa shape index (κ3) is 3.71. The minimum absolute atomic E-state index is 0.225. The van der Waals surface area contributed by atoms with E-state index in [0.29, 0.717) is 0 Å². The van der Waals surface area contributed by atoms with Crippen LogP contribution >= 0.6 is 0 Å². The molecule has 0 saturated carbocycles. The molecule has 0 amide bonds. The van der Waals surface area contributed by atoms with Crippen LogP contribution in [-0.2, 0) is 5.41 Å². The monoisotopic (exact) mass is 331 g/mol. The number of anilines is 1. The minimum Gasteiger partial charge on any atom is -0.398 e. The number of nitrogen functional groups attached to an aromatic ring is 1. The second-order valence-electron chi connectivity index (χ2n) is 7.67. The van der Waals surface area contributed by atoms with Crippen molar-refractivity contribution in [1.82, 2.24) is 0 Å². The van der Waals surface area contributed by atoms with Gasteiger partial charge in [0.1, 0.15) is 0 Å². The maximum absolute atomic E-state index is 6.46. The standard InChI is InChI=1S/C24H29N/c1-4-5-8-17-24(2,3)20-14-11-19(12-15-20)22-16-13-18-9-6-7-10-21(18)23(22)25/h6-7,9-16H,4-5,8,17,25H2,1-3H3. The largest absolute Gasteiger partial charge is 0.398 e. The summed E-state index contributed by atoms with van der Waals surface area (Å²) in [4.78, 5) is 0. The molecule has 1 heteroatoms. The van der Waals surface area contributed by atoms with Gasteiger partial charge in [-0.1, -0.05) is 101 Å². The van der Waals surface area contributed by atoms with Crippen molar-refractivity contribution in [3.8, 4) is 11.1 Å². The van der Waals surface area contributed by atoms with Gasteiger partial charge in [-0.2, -0.15) is 0 Å². The van der Waals surface area contributed by atoms with E-state index in [4.69, 9.17) is 5.73 Å². The van der Waals surface area contributed by atoms with Gasteiger partial charge in [-0.05, 0) is 28.3 Å². The van der Waals surface area contributed by atoms with E-state index in [1.54, 1.807) is 0 Å². The van der Waals surface area contributed by atoms with E-state index in [9.17, 15) is 0 Å². The van der Waals surface area contributed by atoms with Gasteiger partial charge in [0.15, 0.2) is 0 Å². The van der Waals surface area contributed by atoms with Crippen molar-refractivity contribution in [2.24, 2.45) is 0 Å². The summed E-state index contributed by atoms with van der Waals surface area (Å²) in [6, 6.07) is 21.6. The van der Waals surface area contributed by atoms with E-state index in [1.165, 1.54) is 42.2 Å². The molecule has 2 N–H and O–H groups in total. The zero-order valence-corrected chi connectivity index (χ0v) is 15.7. The molecule has 3 aromatic rings. The number of hydrogen-bond acceptors (Lipinski definition) is 1. The van der Waals surface area contributed by atoms with Gasteiger partial charge in [0.25, 0.3) is 0 Å². The first kappa shape index (κ1) is 17.5. The molecular weight excluding hydrogens is 302 g/mol. The lowest BCUT2D eigenvalue weighted by atomic mass is 9.79. The highest BCUT2D eigenvalue weighted by molar-refractivity contribution is 6.00. The maximum atomic E-state index is 6.46. The van der Waals surface area contributed by atoms with Crippen LogP contribution in [0.4, 0.5) is 5.69 Å². The zero-order chi connectivity index (χ0) is 17.9. The Labute approximate surface area is 151 Å². The van der Waals surface area contributed by atoms with Crippen LogP contribution in [-0.4, -0.2) is 0 Å². The van der Waals surface area contributed by atoms with Crippen molar-refractivity contribution in [1.29, 1.82) is 0 Å². The van der Waals surface area contributed by atoms with Crippen LogP contribution in [0.25, 0.3) is 21.9 Å². The predicted octanol–water partition coefficient (Wildman–Crippen LogP) is 6.95. The first-order chi connectivity index (χ1) is 12.0. The number of benzene rings is 3. The second-order valence-corrected chi connectivity index (χ2v) is 7.67. The minimum atomic E-state index is 0.225. The quantitative estimate of drug-likeness (QED) is 0.384. The van der Waals surface area contributed by atoms with E-state index in [0.717, 1.165) is 16.6 Å². The van der Waals surface area contributed by atoms with Crippen LogP contribution in [0.1, 0.15) is 52.0 Å². The SMILES string of the molecule is CCCCCC(C)(C)c1ccc(-c2ccc3ccccc3c2N)cc1. The summed E-state index contributed by atoms with van der Waals surface area (Å²) in [5.74, 6) is 0. The fourth-order valence-corrected chi connectivity index (χ4v) is 3.61. The molecular formula is C24H29N. The lowest BCUT2D eigenvalue weighted by molar-refractivity contribution is 0.450. The Balaban J connectivity index is 1.89. The summed E-state index contributed by atoms with van der Waals surface area (Å²) in [6.07, 6.45) is 5.12. The average Bonchev–Trinajstić information content (AvgIpc) is 2.63. The molecule has 0 spiro atoms. The molecule has 3 aromatic carbocycles. The van der Waals surface area contributed by atoms with Crippen molar-refractivity contribution < 1.29 is 0 Å². The smallest absolute Gasteiger partial charge is 0.0473 e. The molecule has 0 aliphatic carbocycles. The lowest BCUT2D eigenvalue weighted by Gasteiger charge is -2.25. The Morgan fingerprint density at radius 3 is 2.28 bits per heavy atom. The third-order valence-corrected chi connectivity index (χ3v) is 5.35. The normalized spacial score (nSPS) is 11.8. The molecule has 3 rings (SSSR count). The maximum Gasteiger partial charge on any atom is 0.0473 e. The summed E-state index contributed by atoms with van der Waals surface area (Å²) < 4.78 is 0. The van der Waals surface area contributed by atoms with Gasteiger partial charge in [0, 0.05) is 16.6 Å².